The van der Waals surface area contributed by atoms with Gasteiger partial charge in [0.15, 0.2) is 5.11 Å². The van der Waals surface area contributed by atoms with Gasteiger partial charge in [0.1, 0.15) is 5.75 Å². The van der Waals surface area contributed by atoms with E-state index in [-0.39, 0.29) is 5.11 Å². The van der Waals surface area contributed by atoms with Crippen LogP contribution in [-0.2, 0) is 6.42 Å². The quantitative estimate of drug-likeness (QED) is 0.604. The van der Waals surface area contributed by atoms with E-state index in [9.17, 15) is 5.21 Å². The van der Waals surface area contributed by atoms with Gasteiger partial charge in [-0.1, -0.05) is 12.1 Å². The van der Waals surface area contributed by atoms with Crippen molar-refractivity contribution >= 4 is 17.3 Å². The first-order valence-electron chi connectivity index (χ1n) is 5.02. The summed E-state index contributed by atoms with van der Waals surface area (Å²) in [5, 5.41) is 10.1. The summed E-state index contributed by atoms with van der Waals surface area (Å²) in [5.41, 5.74) is 6.44. The third kappa shape index (κ3) is 4.04. The number of ether oxygens (including phenoxy) is 1. The lowest BCUT2D eigenvalue weighted by atomic mass is 10.1. The van der Waals surface area contributed by atoms with E-state index in [0.717, 1.165) is 23.7 Å². The van der Waals surface area contributed by atoms with Gasteiger partial charge in [-0.15, -0.1) is 0 Å². The van der Waals surface area contributed by atoms with Crippen LogP contribution in [0.3, 0.4) is 0 Å². The average molecular weight is 240 g/mol. The molecule has 0 spiro atoms. The SMILES string of the molecule is COc1ccc(CCCN(O)C(N)=S)cc1. The number of benzene rings is 1. The van der Waals surface area contributed by atoms with Gasteiger partial charge in [-0.05, 0) is 42.8 Å². The third-order valence-electron chi connectivity index (χ3n) is 2.25. The summed E-state index contributed by atoms with van der Waals surface area (Å²) in [7, 11) is 1.64. The molecule has 5 heteroatoms. The zero-order valence-corrected chi connectivity index (χ0v) is 10.0. The van der Waals surface area contributed by atoms with Crippen molar-refractivity contribution in [2.45, 2.75) is 12.8 Å². The number of aryl methyl sites for hydroxylation is 1. The maximum absolute atomic E-state index is 9.23. The Labute approximate surface area is 101 Å². The lowest BCUT2D eigenvalue weighted by molar-refractivity contribution is -0.0136. The highest BCUT2D eigenvalue weighted by Crippen LogP contribution is 2.12. The zero-order valence-electron chi connectivity index (χ0n) is 9.22. The van der Waals surface area contributed by atoms with E-state index in [1.54, 1.807) is 7.11 Å². The van der Waals surface area contributed by atoms with Crippen molar-refractivity contribution < 1.29 is 9.94 Å². The molecule has 0 aliphatic rings. The smallest absolute Gasteiger partial charge is 0.190 e. The molecule has 0 radical (unpaired) electrons. The number of rotatable bonds is 5. The highest BCUT2D eigenvalue weighted by molar-refractivity contribution is 7.80. The molecule has 0 saturated carbocycles. The molecule has 0 fully saturated rings. The number of methoxy groups -OCH3 is 1. The van der Waals surface area contributed by atoms with Crippen molar-refractivity contribution in [2.24, 2.45) is 5.73 Å². The number of nitrogens with zero attached hydrogens (tertiary/aromatic N) is 1. The molecule has 0 atom stereocenters. The second-order valence-corrected chi connectivity index (χ2v) is 3.83. The Kier molecular flexibility index (Phi) is 5.01. The van der Waals surface area contributed by atoms with Crippen molar-refractivity contribution in [3.05, 3.63) is 29.8 Å². The largest absolute Gasteiger partial charge is 0.497 e. The minimum atomic E-state index is 0.00901. The first-order valence-corrected chi connectivity index (χ1v) is 5.43. The Bertz CT molecular complexity index is 340. The van der Waals surface area contributed by atoms with Crippen LogP contribution in [0.5, 0.6) is 5.75 Å². The lowest BCUT2D eigenvalue weighted by Crippen LogP contribution is -2.33. The van der Waals surface area contributed by atoms with Crippen LogP contribution in [0.2, 0.25) is 0 Å². The molecule has 4 nitrogen and oxygen atoms in total. The second-order valence-electron chi connectivity index (χ2n) is 3.41. The van der Waals surface area contributed by atoms with Crippen molar-refractivity contribution in [1.82, 2.24) is 5.06 Å². The highest BCUT2D eigenvalue weighted by atomic mass is 32.1. The predicted molar refractivity (Wildman–Crippen MR) is 66.6 cm³/mol. The standard InChI is InChI=1S/C11H16N2O2S/c1-15-10-6-4-9(5-7-10)3-2-8-13(14)11(12)16/h4-7,14H,2-3,8H2,1H3,(H2,12,16). The number of hydrogen-bond acceptors (Lipinski definition) is 3. The Balaban J connectivity index is 2.34. The van der Waals surface area contributed by atoms with Crippen LogP contribution in [0.4, 0.5) is 0 Å². The number of hydroxylamine groups is 2. The van der Waals surface area contributed by atoms with Crippen LogP contribution < -0.4 is 10.5 Å². The molecule has 0 saturated heterocycles. The third-order valence-corrected chi connectivity index (χ3v) is 2.46. The fourth-order valence-electron chi connectivity index (χ4n) is 1.34. The van der Waals surface area contributed by atoms with E-state index in [1.807, 2.05) is 24.3 Å². The molecule has 1 aromatic carbocycles. The van der Waals surface area contributed by atoms with E-state index in [2.05, 4.69) is 12.2 Å². The molecular weight excluding hydrogens is 224 g/mol. The van der Waals surface area contributed by atoms with Crippen LogP contribution in [0.25, 0.3) is 0 Å². The summed E-state index contributed by atoms with van der Waals surface area (Å²) >= 11 is 4.62. The topological polar surface area (TPSA) is 58.7 Å². The van der Waals surface area contributed by atoms with Crippen molar-refractivity contribution in [3.63, 3.8) is 0 Å². The lowest BCUT2D eigenvalue weighted by Gasteiger charge is -2.13. The predicted octanol–water partition coefficient (Wildman–Crippen LogP) is 1.56. The van der Waals surface area contributed by atoms with E-state index >= 15 is 0 Å². The van der Waals surface area contributed by atoms with Gasteiger partial charge < -0.3 is 10.5 Å². The molecule has 0 aromatic heterocycles. The summed E-state index contributed by atoms with van der Waals surface area (Å²) in [6, 6.07) is 7.84. The van der Waals surface area contributed by atoms with Crippen molar-refractivity contribution in [2.75, 3.05) is 13.7 Å². The van der Waals surface area contributed by atoms with E-state index < -0.39 is 0 Å². The molecule has 3 N–H and O–H groups in total. The minimum Gasteiger partial charge on any atom is -0.497 e. The number of hydrogen-bond donors (Lipinski definition) is 2. The molecule has 1 aromatic rings. The van der Waals surface area contributed by atoms with Crippen molar-refractivity contribution in [3.8, 4) is 5.75 Å². The van der Waals surface area contributed by atoms with Gasteiger partial charge in [-0.25, -0.2) is 5.06 Å². The molecule has 0 aliphatic heterocycles. The molecule has 1 rings (SSSR count). The van der Waals surface area contributed by atoms with Crippen LogP contribution >= 0.6 is 12.2 Å². The van der Waals surface area contributed by atoms with Gasteiger partial charge >= 0.3 is 0 Å². The van der Waals surface area contributed by atoms with Gasteiger partial charge in [0.05, 0.1) is 7.11 Å². The van der Waals surface area contributed by atoms with Crippen molar-refractivity contribution in [1.29, 1.82) is 0 Å². The summed E-state index contributed by atoms with van der Waals surface area (Å²) in [6.07, 6.45) is 1.66. The van der Waals surface area contributed by atoms with E-state index in [1.165, 1.54) is 5.56 Å². The van der Waals surface area contributed by atoms with Crippen LogP contribution in [0.1, 0.15) is 12.0 Å². The maximum Gasteiger partial charge on any atom is 0.190 e. The molecule has 0 amide bonds. The Morgan fingerprint density at radius 2 is 2.06 bits per heavy atom. The normalized spacial score (nSPS) is 9.88. The van der Waals surface area contributed by atoms with E-state index in [0.29, 0.717) is 6.54 Å². The van der Waals surface area contributed by atoms with Crippen LogP contribution in [-0.4, -0.2) is 29.0 Å². The fourth-order valence-corrected chi connectivity index (χ4v) is 1.43. The summed E-state index contributed by atoms with van der Waals surface area (Å²) in [4.78, 5) is 0. The zero-order chi connectivity index (χ0) is 12.0. The molecule has 0 unspecified atom stereocenters. The minimum absolute atomic E-state index is 0.00901. The van der Waals surface area contributed by atoms with Gasteiger partial charge in [0, 0.05) is 6.54 Å². The first kappa shape index (κ1) is 12.7. The summed E-state index contributed by atoms with van der Waals surface area (Å²) in [5.74, 6) is 0.843. The van der Waals surface area contributed by atoms with Gasteiger partial charge in [-0.2, -0.15) is 0 Å². The monoisotopic (exact) mass is 240 g/mol. The maximum atomic E-state index is 9.23. The number of thiocarbonyl (C=S) groups is 1. The average Bonchev–Trinajstić information content (AvgIpc) is 2.29. The van der Waals surface area contributed by atoms with Gasteiger partial charge in [0.2, 0.25) is 0 Å². The summed E-state index contributed by atoms with van der Waals surface area (Å²) < 4.78 is 5.06. The van der Waals surface area contributed by atoms with Crippen LogP contribution in [0, 0.1) is 0 Å². The second kappa shape index (κ2) is 6.30. The Hall–Kier alpha value is -1.33. The molecular formula is C11H16N2O2S. The summed E-state index contributed by atoms with van der Waals surface area (Å²) in [6.45, 7) is 0.446. The molecule has 16 heavy (non-hydrogen) atoms. The fraction of sp³-hybridized carbons (Fsp3) is 0.364. The van der Waals surface area contributed by atoms with E-state index in [4.69, 9.17) is 10.5 Å². The molecule has 0 bridgehead atoms. The molecule has 88 valence electrons. The molecule has 0 heterocycles. The van der Waals surface area contributed by atoms with Gasteiger partial charge in [0.25, 0.3) is 0 Å². The molecule has 0 aliphatic carbocycles. The Morgan fingerprint density at radius 1 is 1.44 bits per heavy atom. The van der Waals surface area contributed by atoms with Crippen LogP contribution in [0.15, 0.2) is 24.3 Å². The van der Waals surface area contributed by atoms with Gasteiger partial charge in [-0.3, -0.25) is 5.21 Å². The highest BCUT2D eigenvalue weighted by Gasteiger charge is 2.01. The number of nitrogens with two attached hydrogens (primary N) is 1. The Morgan fingerprint density at radius 3 is 2.56 bits per heavy atom. The first-order chi connectivity index (χ1) is 7.63.